The summed E-state index contributed by atoms with van der Waals surface area (Å²) in [6.45, 7) is 4.09. The molecular formula is C25H21N3O. The number of carbonyl (C=O) groups excluding carboxylic acids is 1. The molecule has 0 fully saturated rings. The number of ketones is 1. The molecule has 29 heavy (non-hydrogen) atoms. The number of fused-ring (bicyclic) bond motifs is 1. The van der Waals surface area contributed by atoms with E-state index < -0.39 is 0 Å². The Morgan fingerprint density at radius 3 is 2.14 bits per heavy atom. The summed E-state index contributed by atoms with van der Waals surface area (Å²) in [5, 5.41) is 5.59. The molecule has 0 atom stereocenters. The van der Waals surface area contributed by atoms with Gasteiger partial charge >= 0.3 is 0 Å². The monoisotopic (exact) mass is 379 g/mol. The maximum atomic E-state index is 13.1. The molecule has 4 aromatic rings. The predicted molar refractivity (Wildman–Crippen MR) is 119 cm³/mol. The van der Waals surface area contributed by atoms with Crippen LogP contribution in [-0.2, 0) is 0 Å². The van der Waals surface area contributed by atoms with Gasteiger partial charge in [-0.25, -0.2) is 4.98 Å². The Hall–Kier alpha value is -3.79. The number of aromatic nitrogens is 1. The van der Waals surface area contributed by atoms with Crippen LogP contribution in [0.1, 0.15) is 27.0 Å². The normalized spacial score (nSPS) is 11.4. The predicted octanol–water partition coefficient (Wildman–Crippen LogP) is 5.55. The summed E-state index contributed by atoms with van der Waals surface area (Å²) in [6, 6.07) is 26.7. The number of rotatable bonds is 5. The zero-order chi connectivity index (χ0) is 20.2. The van der Waals surface area contributed by atoms with E-state index in [-0.39, 0.29) is 5.78 Å². The van der Waals surface area contributed by atoms with Crippen LogP contribution in [0.25, 0.3) is 10.9 Å². The third kappa shape index (κ3) is 3.92. The van der Waals surface area contributed by atoms with Crippen LogP contribution in [0, 0.1) is 13.8 Å². The van der Waals surface area contributed by atoms with Crippen LogP contribution in [0.4, 0.5) is 5.82 Å². The van der Waals surface area contributed by atoms with Gasteiger partial charge in [-0.3, -0.25) is 10.2 Å². The van der Waals surface area contributed by atoms with Gasteiger partial charge in [0.2, 0.25) is 5.78 Å². The van der Waals surface area contributed by atoms with Crippen molar-refractivity contribution in [1.82, 2.24) is 4.98 Å². The Morgan fingerprint density at radius 2 is 1.45 bits per heavy atom. The minimum absolute atomic E-state index is 0.141. The molecule has 4 nitrogen and oxygen atoms in total. The third-order valence-corrected chi connectivity index (χ3v) is 4.83. The van der Waals surface area contributed by atoms with Crippen molar-refractivity contribution in [3.05, 3.63) is 107 Å². The van der Waals surface area contributed by atoms with E-state index in [1.54, 1.807) is 12.1 Å². The molecule has 4 rings (SSSR count). The number of carbonyl (C=O) groups is 1. The van der Waals surface area contributed by atoms with Crippen LogP contribution >= 0.6 is 0 Å². The quantitative estimate of drug-likeness (QED) is 0.281. The molecule has 1 heterocycles. The van der Waals surface area contributed by atoms with Crippen molar-refractivity contribution in [2.24, 2.45) is 5.10 Å². The number of para-hydroxylation sites is 1. The highest BCUT2D eigenvalue weighted by Crippen LogP contribution is 2.23. The molecule has 142 valence electrons. The van der Waals surface area contributed by atoms with Gasteiger partial charge in [0.1, 0.15) is 11.5 Å². The van der Waals surface area contributed by atoms with E-state index in [2.05, 4.69) is 16.6 Å². The molecule has 0 radical (unpaired) electrons. The SMILES string of the molecule is Cc1cc(N/N=C(/C(=O)c2ccccc2)c2ccccc2)nc2c(C)cccc12. The van der Waals surface area contributed by atoms with Crippen molar-refractivity contribution in [3.63, 3.8) is 0 Å². The number of nitrogens with one attached hydrogen (secondary N) is 1. The highest BCUT2D eigenvalue weighted by atomic mass is 16.1. The second kappa shape index (κ2) is 8.07. The Bertz CT molecular complexity index is 1200. The number of Topliss-reactive ketones (excluding diaryl/α,β-unsaturated/α-hetero) is 1. The first-order valence-corrected chi connectivity index (χ1v) is 9.49. The molecule has 1 N–H and O–H groups in total. The molecule has 0 aliphatic carbocycles. The van der Waals surface area contributed by atoms with E-state index in [4.69, 9.17) is 4.98 Å². The molecule has 0 aliphatic rings. The number of nitrogens with zero attached hydrogens (tertiary/aromatic N) is 2. The summed E-state index contributed by atoms with van der Waals surface area (Å²) in [6.07, 6.45) is 0. The molecule has 0 aliphatic heterocycles. The lowest BCUT2D eigenvalue weighted by atomic mass is 10.0. The minimum Gasteiger partial charge on any atom is -0.287 e. The van der Waals surface area contributed by atoms with E-state index in [1.807, 2.05) is 80.6 Å². The number of pyridine rings is 1. The van der Waals surface area contributed by atoms with Gasteiger partial charge in [0, 0.05) is 16.5 Å². The average Bonchev–Trinajstić information content (AvgIpc) is 2.76. The second-order valence-electron chi connectivity index (χ2n) is 6.93. The average molecular weight is 379 g/mol. The first-order valence-electron chi connectivity index (χ1n) is 9.49. The first kappa shape index (κ1) is 18.6. The Morgan fingerprint density at radius 1 is 0.793 bits per heavy atom. The van der Waals surface area contributed by atoms with Gasteiger partial charge in [0.05, 0.1) is 5.52 Å². The Kier molecular flexibility index (Phi) is 5.16. The molecule has 0 amide bonds. The van der Waals surface area contributed by atoms with E-state index >= 15 is 0 Å². The minimum atomic E-state index is -0.141. The van der Waals surface area contributed by atoms with Crippen LogP contribution in [0.2, 0.25) is 0 Å². The van der Waals surface area contributed by atoms with Crippen molar-refractivity contribution >= 4 is 28.2 Å². The topological polar surface area (TPSA) is 54.4 Å². The fraction of sp³-hybridized carbons (Fsp3) is 0.0800. The molecule has 0 unspecified atom stereocenters. The third-order valence-electron chi connectivity index (χ3n) is 4.83. The van der Waals surface area contributed by atoms with Crippen molar-refractivity contribution < 1.29 is 4.79 Å². The molecule has 3 aromatic carbocycles. The lowest BCUT2D eigenvalue weighted by Crippen LogP contribution is -2.17. The van der Waals surface area contributed by atoms with Gasteiger partial charge in [0.15, 0.2) is 0 Å². The molecule has 0 saturated heterocycles. The van der Waals surface area contributed by atoms with Gasteiger partial charge in [-0.2, -0.15) is 5.10 Å². The fourth-order valence-corrected chi connectivity index (χ4v) is 3.30. The largest absolute Gasteiger partial charge is 0.287 e. The molecule has 0 spiro atoms. The maximum absolute atomic E-state index is 13.1. The van der Waals surface area contributed by atoms with Crippen molar-refractivity contribution in [3.8, 4) is 0 Å². The number of hydrogen-bond donors (Lipinski definition) is 1. The van der Waals surface area contributed by atoms with Gasteiger partial charge in [-0.1, -0.05) is 78.9 Å². The molecule has 0 saturated carbocycles. The van der Waals surface area contributed by atoms with Crippen LogP contribution in [-0.4, -0.2) is 16.5 Å². The summed E-state index contributed by atoms with van der Waals surface area (Å²) < 4.78 is 0. The lowest BCUT2D eigenvalue weighted by molar-refractivity contribution is 0.106. The molecule has 0 bridgehead atoms. The summed E-state index contributed by atoms with van der Waals surface area (Å²) in [4.78, 5) is 17.8. The lowest BCUT2D eigenvalue weighted by Gasteiger charge is -2.10. The molecule has 1 aromatic heterocycles. The highest BCUT2D eigenvalue weighted by molar-refractivity contribution is 6.51. The van der Waals surface area contributed by atoms with Gasteiger partial charge in [-0.15, -0.1) is 0 Å². The first-order chi connectivity index (χ1) is 14.1. The Balaban J connectivity index is 1.75. The van der Waals surface area contributed by atoms with Crippen LogP contribution in [0.3, 0.4) is 0 Å². The number of anilines is 1. The summed E-state index contributed by atoms with van der Waals surface area (Å²) >= 11 is 0. The Labute approximate surface area is 169 Å². The number of aryl methyl sites for hydroxylation is 2. The number of hydrazone groups is 1. The van der Waals surface area contributed by atoms with Gasteiger partial charge < -0.3 is 0 Å². The van der Waals surface area contributed by atoms with Crippen LogP contribution in [0.15, 0.2) is 90.0 Å². The van der Waals surface area contributed by atoms with Gasteiger partial charge in [-0.05, 0) is 31.0 Å². The van der Waals surface area contributed by atoms with Crippen LogP contribution in [0.5, 0.6) is 0 Å². The van der Waals surface area contributed by atoms with E-state index in [9.17, 15) is 4.79 Å². The van der Waals surface area contributed by atoms with Crippen molar-refractivity contribution in [1.29, 1.82) is 0 Å². The maximum Gasteiger partial charge on any atom is 0.213 e. The second-order valence-corrected chi connectivity index (χ2v) is 6.93. The summed E-state index contributed by atoms with van der Waals surface area (Å²) in [5.41, 5.74) is 7.84. The summed E-state index contributed by atoms with van der Waals surface area (Å²) in [7, 11) is 0. The number of hydrogen-bond acceptors (Lipinski definition) is 4. The van der Waals surface area contributed by atoms with Crippen LogP contribution < -0.4 is 5.43 Å². The fourth-order valence-electron chi connectivity index (χ4n) is 3.30. The number of benzene rings is 3. The van der Waals surface area contributed by atoms with Gasteiger partial charge in [0.25, 0.3) is 0 Å². The van der Waals surface area contributed by atoms with E-state index in [1.165, 1.54) is 0 Å². The summed E-state index contributed by atoms with van der Waals surface area (Å²) in [5.74, 6) is 0.469. The standard InChI is InChI=1S/C25H21N3O/c1-17-10-9-15-21-18(2)16-22(26-23(17)21)27-28-24(19-11-5-3-6-12-19)25(29)20-13-7-4-8-14-20/h3-16H,1-2H3,(H,26,27)/b28-24+. The molecular weight excluding hydrogens is 358 g/mol. The van der Waals surface area contributed by atoms with E-state index in [0.717, 1.165) is 27.6 Å². The molecule has 4 heteroatoms. The van der Waals surface area contributed by atoms with Crippen molar-refractivity contribution in [2.75, 3.05) is 5.43 Å². The van der Waals surface area contributed by atoms with E-state index in [0.29, 0.717) is 17.1 Å². The smallest absolute Gasteiger partial charge is 0.213 e. The zero-order valence-corrected chi connectivity index (χ0v) is 16.4. The highest BCUT2D eigenvalue weighted by Gasteiger charge is 2.16. The zero-order valence-electron chi connectivity index (χ0n) is 16.4. The van der Waals surface area contributed by atoms with Crippen molar-refractivity contribution in [2.45, 2.75) is 13.8 Å².